The molecule has 4 aliphatic rings. The zero-order chi connectivity index (χ0) is 66.6. The maximum atomic E-state index is 6.04. The molecule has 476 valence electrons. The minimum Gasteiger partial charge on any atom is -0.493 e. The Balaban J connectivity index is 0.000000152. The largest absolute Gasteiger partial charge is 0.493 e. The summed E-state index contributed by atoms with van der Waals surface area (Å²) in [6, 6.07) is 67.5. The van der Waals surface area contributed by atoms with Crippen LogP contribution in [0.4, 0.5) is 28.4 Å². The molecule has 0 bridgehead atoms. The van der Waals surface area contributed by atoms with Gasteiger partial charge in [-0.2, -0.15) is 0 Å². The number of halogens is 1. The number of nitrogens with one attached hydrogen (secondary N) is 1. The van der Waals surface area contributed by atoms with Crippen LogP contribution in [0.2, 0.25) is 0 Å². The SMILES string of the molecule is CC(C)(C)c1cc(Br)cc(C(C)(C)C)c1.COc1cc2c(cc1OC)C1(c3ccccc3-c3cc(C)c(C)cc31)c1ccccc1N2c1cc(C(C)(C)C)cc(C(C)(C)C)c1.COc1cc2c(cc1OC)C1(c3ccccc3N2)c2ccccc2-c2cc(C)c(C)cc21. The lowest BCUT2D eigenvalue weighted by atomic mass is 9.64. The number of para-hydroxylation sites is 2. The van der Waals surface area contributed by atoms with Crippen LogP contribution in [0.15, 0.2) is 186 Å². The maximum absolute atomic E-state index is 6.04. The quantitative estimate of drug-likeness (QED) is 0.185. The van der Waals surface area contributed by atoms with Crippen LogP contribution >= 0.6 is 15.9 Å². The van der Waals surface area contributed by atoms with Crippen LogP contribution in [0, 0.1) is 27.7 Å². The number of anilines is 5. The van der Waals surface area contributed by atoms with Crippen LogP contribution in [0.1, 0.15) is 172 Å². The van der Waals surface area contributed by atoms with Gasteiger partial charge in [-0.3, -0.25) is 0 Å². The van der Waals surface area contributed by atoms with Gasteiger partial charge in [0.05, 0.1) is 50.6 Å². The van der Waals surface area contributed by atoms with Crippen molar-refractivity contribution in [2.24, 2.45) is 0 Å². The van der Waals surface area contributed by atoms with Crippen LogP contribution in [0.3, 0.4) is 0 Å². The van der Waals surface area contributed by atoms with E-state index in [4.69, 9.17) is 18.9 Å². The lowest BCUT2D eigenvalue weighted by Gasteiger charge is -2.45. The standard InChI is InChI=1S/C43H45NO2.C29H25NO2.C14H21Br/c1-26-19-32-31-15-11-12-16-33(31)43(35(32)20-27(26)2)34-17-13-14-18-37(34)44(38-25-40(46-10)39(45-9)24-36(38)43)30-22-28(41(3,4)5)21-29(23-30)42(6,7)8;1-17-13-20-19-9-5-6-10-21(19)29(23(20)14-18(17)2)22-11-7-8-12-25(22)30-26-16-28(32-4)27(31-3)15-24(26)29;1-13(2,3)10-7-11(14(4,5)6)9-12(15)8-10/h11-25H,1-10H3;5-16,30H,1-4H3;7-9H,1-6H3. The van der Waals surface area contributed by atoms with Gasteiger partial charge in [-0.25, -0.2) is 0 Å². The lowest BCUT2D eigenvalue weighted by Crippen LogP contribution is -2.36. The summed E-state index contributed by atoms with van der Waals surface area (Å²) in [5.74, 6) is 2.91. The molecule has 14 rings (SSSR count). The van der Waals surface area contributed by atoms with Crippen LogP contribution in [-0.4, -0.2) is 28.4 Å². The molecule has 2 aliphatic heterocycles. The number of fused-ring (bicyclic) bond motifs is 18. The van der Waals surface area contributed by atoms with Crippen molar-refractivity contribution in [1.29, 1.82) is 0 Å². The lowest BCUT2D eigenvalue weighted by molar-refractivity contribution is 0.354. The highest BCUT2D eigenvalue weighted by Crippen LogP contribution is 2.66. The highest BCUT2D eigenvalue weighted by atomic mass is 79.9. The van der Waals surface area contributed by atoms with Crippen LogP contribution in [0.5, 0.6) is 23.0 Å². The molecule has 2 spiro atoms. The summed E-state index contributed by atoms with van der Waals surface area (Å²) in [7, 11) is 6.84. The number of hydrogen-bond acceptors (Lipinski definition) is 6. The van der Waals surface area contributed by atoms with Gasteiger partial charge in [-0.05, 0) is 209 Å². The summed E-state index contributed by atoms with van der Waals surface area (Å²) >= 11 is 3.60. The van der Waals surface area contributed by atoms with E-state index < -0.39 is 10.8 Å². The summed E-state index contributed by atoms with van der Waals surface area (Å²) in [4.78, 5) is 2.46. The summed E-state index contributed by atoms with van der Waals surface area (Å²) in [5.41, 5.74) is 31.0. The van der Waals surface area contributed by atoms with Crippen molar-refractivity contribution in [3.05, 3.63) is 275 Å². The maximum Gasteiger partial charge on any atom is 0.162 e. The summed E-state index contributed by atoms with van der Waals surface area (Å²) in [6.07, 6.45) is 0. The first-order chi connectivity index (χ1) is 44.0. The predicted molar refractivity (Wildman–Crippen MR) is 393 cm³/mol. The third-order valence-corrected chi connectivity index (χ3v) is 20.5. The van der Waals surface area contributed by atoms with E-state index in [0.717, 1.165) is 45.7 Å². The fourth-order valence-corrected chi connectivity index (χ4v) is 15.2. The Morgan fingerprint density at radius 2 is 0.699 bits per heavy atom. The van der Waals surface area contributed by atoms with Crippen molar-refractivity contribution < 1.29 is 18.9 Å². The first kappa shape index (κ1) is 64.6. The Hall–Kier alpha value is -8.52. The zero-order valence-corrected chi connectivity index (χ0v) is 59.9. The molecule has 0 saturated heterocycles. The molecular weight excluding hydrogens is 1200 g/mol. The van der Waals surface area contributed by atoms with Gasteiger partial charge in [0, 0.05) is 33.7 Å². The van der Waals surface area contributed by atoms with Crippen molar-refractivity contribution in [2.75, 3.05) is 38.7 Å². The molecule has 0 fully saturated rings. The van der Waals surface area contributed by atoms with Gasteiger partial charge in [0.1, 0.15) is 0 Å². The Kier molecular flexibility index (Phi) is 16.3. The molecule has 0 saturated carbocycles. The molecule has 0 aromatic heterocycles. The van der Waals surface area contributed by atoms with Gasteiger partial charge >= 0.3 is 0 Å². The molecule has 10 aromatic rings. The average Bonchev–Trinajstić information content (AvgIpc) is 1.59. The second-order valence-corrected chi connectivity index (χ2v) is 31.0. The molecule has 2 unspecified atom stereocenters. The molecule has 7 heteroatoms. The summed E-state index contributed by atoms with van der Waals surface area (Å²) in [5, 5.41) is 3.67. The molecule has 2 atom stereocenters. The molecule has 10 aromatic carbocycles. The monoisotopic (exact) mass is 1290 g/mol. The smallest absolute Gasteiger partial charge is 0.162 e. The van der Waals surface area contributed by atoms with E-state index >= 15 is 0 Å². The molecular formula is C86H91BrN2O4. The Bertz CT molecular complexity index is 4540. The molecule has 93 heavy (non-hydrogen) atoms. The number of nitrogens with zero attached hydrogens (tertiary/aromatic N) is 1. The average molecular weight is 1300 g/mol. The summed E-state index contributed by atoms with van der Waals surface area (Å²) in [6.45, 7) is 36.2. The number of hydrogen-bond donors (Lipinski definition) is 1. The minimum absolute atomic E-state index is 0.0221. The molecule has 1 N–H and O–H groups in total. The van der Waals surface area contributed by atoms with E-state index in [1.165, 1.54) is 121 Å². The van der Waals surface area contributed by atoms with Crippen molar-refractivity contribution in [1.82, 2.24) is 0 Å². The topological polar surface area (TPSA) is 52.2 Å². The van der Waals surface area contributed by atoms with Crippen molar-refractivity contribution in [2.45, 2.75) is 143 Å². The summed E-state index contributed by atoms with van der Waals surface area (Å²) < 4.78 is 24.6. The fraction of sp³-hybridized carbons (Fsp3) is 0.302. The van der Waals surface area contributed by atoms with Crippen molar-refractivity contribution >= 4 is 44.4 Å². The van der Waals surface area contributed by atoms with Crippen molar-refractivity contribution in [3.63, 3.8) is 0 Å². The molecule has 6 nitrogen and oxygen atoms in total. The second-order valence-electron chi connectivity index (χ2n) is 30.1. The van der Waals surface area contributed by atoms with Crippen LogP contribution in [-0.2, 0) is 32.5 Å². The fourth-order valence-electron chi connectivity index (χ4n) is 14.7. The van der Waals surface area contributed by atoms with Gasteiger partial charge in [0.25, 0.3) is 0 Å². The Morgan fingerprint density at radius 1 is 0.323 bits per heavy atom. The predicted octanol–water partition coefficient (Wildman–Crippen LogP) is 22.8. The van der Waals surface area contributed by atoms with Gasteiger partial charge in [-0.1, -0.05) is 220 Å². The van der Waals surface area contributed by atoms with Gasteiger partial charge in [0.15, 0.2) is 23.0 Å². The second kappa shape index (κ2) is 23.5. The van der Waals surface area contributed by atoms with E-state index in [2.05, 4.69) is 319 Å². The third kappa shape index (κ3) is 10.7. The number of rotatable bonds is 5. The van der Waals surface area contributed by atoms with Crippen LogP contribution in [0.25, 0.3) is 22.3 Å². The molecule has 0 radical (unpaired) electrons. The first-order valence-electron chi connectivity index (χ1n) is 32.7. The number of ether oxygens (including phenoxy) is 4. The highest BCUT2D eigenvalue weighted by Gasteiger charge is 2.54. The van der Waals surface area contributed by atoms with E-state index in [-0.39, 0.29) is 21.7 Å². The number of benzene rings is 10. The Morgan fingerprint density at radius 3 is 1.17 bits per heavy atom. The van der Waals surface area contributed by atoms with Gasteiger partial charge < -0.3 is 29.2 Å². The van der Waals surface area contributed by atoms with Gasteiger partial charge in [0.2, 0.25) is 0 Å². The van der Waals surface area contributed by atoms with E-state index in [1.54, 1.807) is 28.4 Å². The highest BCUT2D eigenvalue weighted by molar-refractivity contribution is 9.10. The van der Waals surface area contributed by atoms with Crippen molar-refractivity contribution in [3.8, 4) is 45.3 Å². The van der Waals surface area contributed by atoms with E-state index in [0.29, 0.717) is 0 Å². The van der Waals surface area contributed by atoms with Gasteiger partial charge in [-0.15, -0.1) is 0 Å². The Labute approximate surface area is 562 Å². The normalized spacial score (nSPS) is 16.2. The minimum atomic E-state index is -0.541. The third-order valence-electron chi connectivity index (χ3n) is 20.1. The number of aryl methyl sites for hydroxylation is 4. The molecule has 2 heterocycles. The van der Waals surface area contributed by atoms with E-state index in [9.17, 15) is 0 Å². The first-order valence-corrected chi connectivity index (χ1v) is 33.5. The van der Waals surface area contributed by atoms with E-state index in [1.807, 2.05) is 0 Å². The molecule has 2 aliphatic carbocycles. The molecule has 0 amide bonds. The zero-order valence-electron chi connectivity index (χ0n) is 58.3. The number of methoxy groups -OCH3 is 4. The van der Waals surface area contributed by atoms with Crippen LogP contribution < -0.4 is 29.2 Å².